The van der Waals surface area contributed by atoms with Gasteiger partial charge in [0.15, 0.2) is 11.5 Å². The highest BCUT2D eigenvalue weighted by atomic mass is 16.5. The number of rotatable bonds is 9. The second-order valence-corrected chi connectivity index (χ2v) is 5.43. The van der Waals surface area contributed by atoms with Crippen LogP contribution in [0.4, 0.5) is 0 Å². The Morgan fingerprint density at radius 2 is 1.70 bits per heavy atom. The lowest BCUT2D eigenvalue weighted by atomic mass is 10.2. The molecule has 0 saturated heterocycles. The van der Waals surface area contributed by atoms with E-state index in [4.69, 9.17) is 9.47 Å². The Balaban J connectivity index is 1.65. The zero-order valence-corrected chi connectivity index (χ0v) is 12.6. The molecule has 3 heteroatoms. The van der Waals surface area contributed by atoms with Crippen LogP contribution in [0.15, 0.2) is 24.3 Å². The molecule has 0 aromatic heterocycles. The van der Waals surface area contributed by atoms with Crippen molar-refractivity contribution in [3.8, 4) is 11.5 Å². The molecular weight excluding hydrogens is 250 g/mol. The predicted octanol–water partition coefficient (Wildman–Crippen LogP) is 3.78. The number of nitrogens with one attached hydrogen (secondary N) is 1. The number of ether oxygens (including phenoxy) is 2. The van der Waals surface area contributed by atoms with Gasteiger partial charge in [0.2, 0.25) is 0 Å². The third-order valence-corrected chi connectivity index (χ3v) is 3.68. The molecule has 1 N–H and O–H groups in total. The lowest BCUT2D eigenvalue weighted by molar-refractivity contribution is 0.263. The zero-order chi connectivity index (χ0) is 14.0. The lowest BCUT2D eigenvalue weighted by Crippen LogP contribution is -2.27. The van der Waals surface area contributed by atoms with Crippen LogP contribution in [-0.2, 0) is 0 Å². The van der Waals surface area contributed by atoms with Crippen LogP contribution >= 0.6 is 0 Å². The minimum absolute atomic E-state index is 0.740. The van der Waals surface area contributed by atoms with Gasteiger partial charge in [-0.1, -0.05) is 31.9 Å². The van der Waals surface area contributed by atoms with Crippen LogP contribution in [-0.4, -0.2) is 25.8 Å². The maximum Gasteiger partial charge on any atom is 0.161 e. The van der Waals surface area contributed by atoms with E-state index in [1.807, 2.05) is 24.3 Å². The molecule has 0 unspecified atom stereocenters. The minimum atomic E-state index is 0.740. The normalized spacial score (nSPS) is 15.4. The third-order valence-electron chi connectivity index (χ3n) is 3.68. The fraction of sp³-hybridized carbons (Fsp3) is 0.647. The predicted molar refractivity (Wildman–Crippen MR) is 82.6 cm³/mol. The molecule has 0 heterocycles. The van der Waals surface area contributed by atoms with Crippen molar-refractivity contribution < 1.29 is 9.47 Å². The van der Waals surface area contributed by atoms with Crippen molar-refractivity contribution in [3.63, 3.8) is 0 Å². The Labute approximate surface area is 122 Å². The van der Waals surface area contributed by atoms with Gasteiger partial charge in [0.05, 0.1) is 13.2 Å². The van der Waals surface area contributed by atoms with Crippen molar-refractivity contribution in [2.45, 2.75) is 51.5 Å². The molecule has 1 fully saturated rings. The van der Waals surface area contributed by atoms with Crippen LogP contribution in [0.25, 0.3) is 0 Å². The summed E-state index contributed by atoms with van der Waals surface area (Å²) in [6, 6.07) is 8.68. The van der Waals surface area contributed by atoms with E-state index in [-0.39, 0.29) is 0 Å². The van der Waals surface area contributed by atoms with Crippen LogP contribution in [0, 0.1) is 0 Å². The summed E-state index contributed by atoms with van der Waals surface area (Å²) in [5, 5.41) is 3.61. The van der Waals surface area contributed by atoms with Gasteiger partial charge in [0.1, 0.15) is 0 Å². The van der Waals surface area contributed by atoms with Crippen molar-refractivity contribution in [2.24, 2.45) is 0 Å². The molecule has 0 spiro atoms. The van der Waals surface area contributed by atoms with Gasteiger partial charge in [-0.25, -0.2) is 0 Å². The Bertz CT molecular complexity index is 375. The maximum atomic E-state index is 5.83. The molecule has 0 aliphatic heterocycles. The van der Waals surface area contributed by atoms with E-state index in [9.17, 15) is 0 Å². The maximum absolute atomic E-state index is 5.83. The van der Waals surface area contributed by atoms with Gasteiger partial charge in [-0.15, -0.1) is 0 Å². The van der Waals surface area contributed by atoms with E-state index in [0.717, 1.165) is 50.1 Å². The molecule has 3 nitrogen and oxygen atoms in total. The molecule has 1 aromatic rings. The Hall–Kier alpha value is -1.22. The molecule has 0 amide bonds. The van der Waals surface area contributed by atoms with Gasteiger partial charge in [-0.2, -0.15) is 0 Å². The summed E-state index contributed by atoms with van der Waals surface area (Å²) in [5.74, 6) is 1.72. The van der Waals surface area contributed by atoms with E-state index < -0.39 is 0 Å². The van der Waals surface area contributed by atoms with Gasteiger partial charge >= 0.3 is 0 Å². The van der Waals surface area contributed by atoms with E-state index >= 15 is 0 Å². The smallest absolute Gasteiger partial charge is 0.161 e. The Morgan fingerprint density at radius 1 is 1.05 bits per heavy atom. The lowest BCUT2D eigenvalue weighted by Gasteiger charge is -2.14. The first-order valence-corrected chi connectivity index (χ1v) is 7.98. The molecule has 1 aliphatic rings. The van der Waals surface area contributed by atoms with E-state index in [1.54, 1.807) is 0 Å². The van der Waals surface area contributed by atoms with Crippen LogP contribution in [0.2, 0.25) is 0 Å². The summed E-state index contributed by atoms with van der Waals surface area (Å²) in [5.41, 5.74) is 0. The summed E-state index contributed by atoms with van der Waals surface area (Å²) in [6.45, 7) is 4.64. The van der Waals surface area contributed by atoms with Gasteiger partial charge < -0.3 is 14.8 Å². The molecule has 1 aromatic carbocycles. The van der Waals surface area contributed by atoms with E-state index in [1.165, 1.54) is 25.7 Å². The monoisotopic (exact) mass is 277 g/mol. The topological polar surface area (TPSA) is 30.5 Å². The second kappa shape index (κ2) is 8.85. The molecule has 0 bridgehead atoms. The van der Waals surface area contributed by atoms with Crippen molar-refractivity contribution in [1.82, 2.24) is 5.32 Å². The van der Waals surface area contributed by atoms with Crippen LogP contribution < -0.4 is 14.8 Å². The van der Waals surface area contributed by atoms with Crippen LogP contribution in [0.1, 0.15) is 45.4 Å². The van der Waals surface area contributed by atoms with Crippen LogP contribution in [0.3, 0.4) is 0 Å². The van der Waals surface area contributed by atoms with Crippen molar-refractivity contribution >= 4 is 0 Å². The first-order chi connectivity index (χ1) is 9.90. The molecule has 0 radical (unpaired) electrons. The highest BCUT2D eigenvalue weighted by Crippen LogP contribution is 2.26. The molecule has 2 rings (SSSR count). The first kappa shape index (κ1) is 15.2. The molecule has 0 atom stereocenters. The highest BCUT2D eigenvalue weighted by Gasteiger charge is 2.13. The number of hydrogen-bond donors (Lipinski definition) is 1. The summed E-state index contributed by atoms with van der Waals surface area (Å²) in [6.07, 6.45) is 7.51. The molecule has 1 aliphatic carbocycles. The first-order valence-electron chi connectivity index (χ1n) is 7.98. The summed E-state index contributed by atoms with van der Waals surface area (Å²) < 4.78 is 11.5. The number of para-hydroxylation sites is 2. The molecule has 20 heavy (non-hydrogen) atoms. The largest absolute Gasteiger partial charge is 0.490 e. The molecule has 112 valence electrons. The zero-order valence-electron chi connectivity index (χ0n) is 12.6. The van der Waals surface area contributed by atoms with Gasteiger partial charge in [0.25, 0.3) is 0 Å². The minimum Gasteiger partial charge on any atom is -0.490 e. The van der Waals surface area contributed by atoms with Gasteiger partial charge in [0, 0.05) is 6.04 Å². The van der Waals surface area contributed by atoms with E-state index in [2.05, 4.69) is 12.2 Å². The van der Waals surface area contributed by atoms with Crippen LogP contribution in [0.5, 0.6) is 11.5 Å². The summed E-state index contributed by atoms with van der Waals surface area (Å²) in [7, 11) is 0. The van der Waals surface area contributed by atoms with Crippen molar-refractivity contribution in [2.75, 3.05) is 19.8 Å². The number of benzene rings is 1. The summed E-state index contributed by atoms with van der Waals surface area (Å²) >= 11 is 0. The Morgan fingerprint density at radius 3 is 2.35 bits per heavy atom. The average molecular weight is 277 g/mol. The van der Waals surface area contributed by atoms with E-state index in [0.29, 0.717) is 0 Å². The average Bonchev–Trinajstić information content (AvgIpc) is 2.99. The third kappa shape index (κ3) is 5.04. The fourth-order valence-electron chi connectivity index (χ4n) is 2.59. The highest BCUT2D eigenvalue weighted by molar-refractivity contribution is 5.39. The standard InChI is InChI=1S/C17H27NO2/c1-2-13-19-16-10-5-6-11-17(16)20-14-7-12-18-15-8-3-4-9-15/h5-6,10-11,15,18H,2-4,7-9,12-14H2,1H3. The second-order valence-electron chi connectivity index (χ2n) is 5.43. The van der Waals surface area contributed by atoms with Gasteiger partial charge in [-0.3, -0.25) is 0 Å². The summed E-state index contributed by atoms with van der Waals surface area (Å²) in [4.78, 5) is 0. The fourth-order valence-corrected chi connectivity index (χ4v) is 2.59. The Kier molecular flexibility index (Phi) is 6.72. The van der Waals surface area contributed by atoms with Crippen molar-refractivity contribution in [1.29, 1.82) is 0 Å². The quantitative estimate of drug-likeness (QED) is 0.697. The molecular formula is C17H27NO2. The SMILES string of the molecule is CCCOc1ccccc1OCCCNC1CCCC1. The number of hydrogen-bond acceptors (Lipinski definition) is 3. The van der Waals surface area contributed by atoms with Gasteiger partial charge in [-0.05, 0) is 44.4 Å². The van der Waals surface area contributed by atoms with Crippen molar-refractivity contribution in [3.05, 3.63) is 24.3 Å². The molecule has 1 saturated carbocycles.